The van der Waals surface area contributed by atoms with Gasteiger partial charge >= 0.3 is 12.1 Å². The number of carboxylic acid groups (broad SMARTS) is 1. The minimum Gasteiger partial charge on any atom is -0.480 e. The summed E-state index contributed by atoms with van der Waals surface area (Å²) >= 11 is 0. The summed E-state index contributed by atoms with van der Waals surface area (Å²) in [5.74, 6) is -1.58. The molecule has 1 aliphatic carbocycles. The first-order valence-corrected chi connectivity index (χ1v) is 7.83. The summed E-state index contributed by atoms with van der Waals surface area (Å²) in [5.41, 5.74) is -1.50. The van der Waals surface area contributed by atoms with E-state index < -0.39 is 29.0 Å². The van der Waals surface area contributed by atoms with Gasteiger partial charge in [-0.2, -0.15) is 13.2 Å². The summed E-state index contributed by atoms with van der Waals surface area (Å²) in [6.07, 6.45) is 6.05. The van der Waals surface area contributed by atoms with Crippen LogP contribution in [-0.2, 0) is 11.0 Å². The molecule has 1 atom stereocenters. The molecule has 0 radical (unpaired) electrons. The van der Waals surface area contributed by atoms with Gasteiger partial charge in [0.1, 0.15) is 11.2 Å². The molecule has 7 heteroatoms. The van der Waals surface area contributed by atoms with Crippen LogP contribution in [0.15, 0.2) is 60.7 Å². The van der Waals surface area contributed by atoms with Gasteiger partial charge in [0, 0.05) is 12.4 Å². The van der Waals surface area contributed by atoms with Crippen molar-refractivity contribution < 1.29 is 27.5 Å². The molecule has 0 saturated carbocycles. The maximum atomic E-state index is 13.0. The molecule has 0 saturated heterocycles. The lowest BCUT2D eigenvalue weighted by molar-refractivity contribution is -0.143. The average Bonchev–Trinajstić information content (AvgIpc) is 3.04. The molecule has 1 aliphatic rings. The minimum atomic E-state index is -4.52. The predicted molar refractivity (Wildman–Crippen MR) is 89.7 cm³/mol. The third-order valence-electron chi connectivity index (χ3n) is 4.11. The van der Waals surface area contributed by atoms with Crippen LogP contribution < -0.4 is 0 Å². The second-order valence-electron chi connectivity index (χ2n) is 5.87. The van der Waals surface area contributed by atoms with Gasteiger partial charge in [-0.1, -0.05) is 30.4 Å². The van der Waals surface area contributed by atoms with Crippen molar-refractivity contribution in [3.05, 3.63) is 71.9 Å². The number of nitrogens with zero attached hydrogens (tertiary/aromatic N) is 1. The third kappa shape index (κ3) is 4.47. The zero-order valence-corrected chi connectivity index (χ0v) is 13.9. The van der Waals surface area contributed by atoms with Crippen molar-refractivity contribution in [1.29, 1.82) is 0 Å². The molecule has 3 nitrogen and oxygen atoms in total. The third-order valence-corrected chi connectivity index (χ3v) is 4.11. The van der Waals surface area contributed by atoms with E-state index in [1.165, 1.54) is 49.6 Å². The number of halogens is 4. The fourth-order valence-corrected chi connectivity index (χ4v) is 2.64. The Kier molecular flexibility index (Phi) is 5.79. The number of aliphatic carboxylic acids is 1. The summed E-state index contributed by atoms with van der Waals surface area (Å²) in [7, 11) is 0. The van der Waals surface area contributed by atoms with Crippen LogP contribution in [0, 0.1) is 5.41 Å². The molecule has 26 heavy (non-hydrogen) atoms. The van der Waals surface area contributed by atoms with E-state index in [-0.39, 0.29) is 12.0 Å². The lowest BCUT2D eigenvalue weighted by atomic mass is 9.87. The molecule has 0 bridgehead atoms. The van der Waals surface area contributed by atoms with Crippen molar-refractivity contribution in [2.45, 2.75) is 25.9 Å². The molecule has 1 unspecified atom stereocenters. The molecule has 1 N–H and O–H groups in total. The zero-order chi connectivity index (χ0) is 19.4. The molecule has 1 aromatic rings. The highest BCUT2D eigenvalue weighted by Gasteiger charge is 2.39. The zero-order valence-electron chi connectivity index (χ0n) is 13.9. The van der Waals surface area contributed by atoms with E-state index in [2.05, 4.69) is 4.98 Å². The number of carboxylic acids is 1. The molecule has 2 rings (SSSR count). The van der Waals surface area contributed by atoms with Crippen molar-refractivity contribution >= 4 is 11.5 Å². The first-order chi connectivity index (χ1) is 12.2. The number of hydrogen-bond donors (Lipinski definition) is 1. The molecule has 0 amide bonds. The van der Waals surface area contributed by atoms with Crippen molar-refractivity contribution in [3.63, 3.8) is 0 Å². The van der Waals surface area contributed by atoms with Gasteiger partial charge in [-0.25, -0.2) is 4.39 Å². The van der Waals surface area contributed by atoms with Gasteiger partial charge in [-0.05, 0) is 43.0 Å². The Bertz CT molecular complexity index is 806. The molecule has 0 spiro atoms. The Morgan fingerprint density at radius 3 is 2.65 bits per heavy atom. The Morgan fingerprint density at radius 2 is 2.04 bits per heavy atom. The second kappa shape index (κ2) is 7.68. The Morgan fingerprint density at radius 1 is 1.31 bits per heavy atom. The number of allylic oxidation sites excluding steroid dienone is 6. The van der Waals surface area contributed by atoms with Crippen molar-refractivity contribution in [1.82, 2.24) is 4.98 Å². The maximum absolute atomic E-state index is 13.0. The average molecular weight is 367 g/mol. The summed E-state index contributed by atoms with van der Waals surface area (Å²) in [6, 6.07) is 0.960. The van der Waals surface area contributed by atoms with Crippen LogP contribution in [0.4, 0.5) is 17.6 Å². The van der Waals surface area contributed by atoms with Gasteiger partial charge in [0.25, 0.3) is 0 Å². The van der Waals surface area contributed by atoms with E-state index in [0.29, 0.717) is 12.0 Å². The fourth-order valence-electron chi connectivity index (χ4n) is 2.64. The Hall–Kier alpha value is -2.70. The predicted octanol–water partition coefficient (Wildman–Crippen LogP) is 5.33. The fraction of sp³-hybridized carbons (Fsp3) is 0.263. The number of alkyl halides is 3. The number of aromatic nitrogens is 1. The molecule has 1 heterocycles. The maximum Gasteiger partial charge on any atom is 0.417 e. The molecular weight excluding hydrogens is 350 g/mol. The lowest BCUT2D eigenvalue weighted by Gasteiger charge is -2.16. The highest BCUT2D eigenvalue weighted by atomic mass is 19.4. The largest absolute Gasteiger partial charge is 0.480 e. The number of rotatable bonds is 5. The van der Waals surface area contributed by atoms with Crippen LogP contribution in [0.25, 0.3) is 5.57 Å². The molecular formula is C19H17F4NO2. The minimum absolute atomic E-state index is 0.199. The van der Waals surface area contributed by atoms with E-state index in [1.54, 1.807) is 0 Å². The number of carbonyl (C=O) groups is 1. The SMILES string of the molecule is CC=C(F)C=CC=CC1(C(=O)O)C=C(c2cncc(C(F)(F)F)c2)CC1. The summed E-state index contributed by atoms with van der Waals surface area (Å²) < 4.78 is 51.5. The van der Waals surface area contributed by atoms with Gasteiger partial charge in [0.05, 0.1) is 5.56 Å². The van der Waals surface area contributed by atoms with E-state index in [0.717, 1.165) is 12.3 Å². The summed E-state index contributed by atoms with van der Waals surface area (Å²) in [5, 5.41) is 9.57. The molecule has 1 aromatic heterocycles. The molecule has 0 aliphatic heterocycles. The van der Waals surface area contributed by atoms with Crippen LogP contribution in [0.3, 0.4) is 0 Å². The van der Waals surface area contributed by atoms with Crippen LogP contribution in [-0.4, -0.2) is 16.1 Å². The van der Waals surface area contributed by atoms with Crippen molar-refractivity contribution in [2.24, 2.45) is 5.41 Å². The quantitative estimate of drug-likeness (QED) is 0.565. The topological polar surface area (TPSA) is 50.2 Å². The summed E-state index contributed by atoms with van der Waals surface area (Å²) in [4.78, 5) is 15.3. The van der Waals surface area contributed by atoms with E-state index in [9.17, 15) is 27.5 Å². The van der Waals surface area contributed by atoms with Gasteiger partial charge in [0.15, 0.2) is 0 Å². The van der Waals surface area contributed by atoms with E-state index in [1.807, 2.05) is 0 Å². The van der Waals surface area contributed by atoms with E-state index >= 15 is 0 Å². The van der Waals surface area contributed by atoms with Crippen molar-refractivity contribution in [3.8, 4) is 0 Å². The normalized spacial score (nSPS) is 21.6. The molecule has 0 fully saturated rings. The lowest BCUT2D eigenvalue weighted by Crippen LogP contribution is -2.23. The number of hydrogen-bond acceptors (Lipinski definition) is 2. The van der Waals surface area contributed by atoms with Crippen molar-refractivity contribution in [2.75, 3.05) is 0 Å². The second-order valence-corrected chi connectivity index (χ2v) is 5.87. The van der Waals surface area contributed by atoms with Crippen LogP contribution in [0.5, 0.6) is 0 Å². The van der Waals surface area contributed by atoms with Gasteiger partial charge in [0.2, 0.25) is 0 Å². The highest BCUT2D eigenvalue weighted by molar-refractivity contribution is 5.86. The standard InChI is InChI=1S/C19H17F4NO2/c1-2-16(20)5-3-4-7-18(17(25)26)8-6-13(10-18)14-9-15(12-24-11-14)19(21,22)23/h2-5,7,9-12H,6,8H2,1H3,(H,25,26). The number of pyridine rings is 1. The monoisotopic (exact) mass is 367 g/mol. The Balaban J connectivity index is 2.33. The van der Waals surface area contributed by atoms with Crippen LogP contribution in [0.2, 0.25) is 0 Å². The van der Waals surface area contributed by atoms with Crippen LogP contribution >= 0.6 is 0 Å². The highest BCUT2D eigenvalue weighted by Crippen LogP contribution is 2.42. The molecule has 138 valence electrons. The van der Waals surface area contributed by atoms with Gasteiger partial charge < -0.3 is 5.11 Å². The first-order valence-electron chi connectivity index (χ1n) is 7.83. The summed E-state index contributed by atoms with van der Waals surface area (Å²) in [6.45, 7) is 1.53. The Labute approximate surface area is 148 Å². The van der Waals surface area contributed by atoms with Crippen LogP contribution in [0.1, 0.15) is 30.9 Å². The smallest absolute Gasteiger partial charge is 0.417 e. The first kappa shape index (κ1) is 19.6. The molecule has 0 aromatic carbocycles. The van der Waals surface area contributed by atoms with Gasteiger partial charge in [-0.3, -0.25) is 9.78 Å². The van der Waals surface area contributed by atoms with Gasteiger partial charge in [-0.15, -0.1) is 0 Å². The van der Waals surface area contributed by atoms with E-state index in [4.69, 9.17) is 0 Å².